The third-order valence-electron chi connectivity index (χ3n) is 4.06. The Labute approximate surface area is 145 Å². The number of thiophene rings is 1. The molecule has 1 atom stereocenters. The van der Waals surface area contributed by atoms with Gasteiger partial charge in [0.15, 0.2) is 6.61 Å². The molecule has 0 aliphatic carbocycles. The lowest BCUT2D eigenvalue weighted by atomic mass is 10.1. The molecule has 0 radical (unpaired) electrons. The minimum absolute atomic E-state index is 0.0464. The molecule has 128 valence electrons. The van der Waals surface area contributed by atoms with E-state index in [-0.39, 0.29) is 24.5 Å². The van der Waals surface area contributed by atoms with E-state index < -0.39 is 0 Å². The van der Waals surface area contributed by atoms with E-state index in [2.05, 4.69) is 5.32 Å². The van der Waals surface area contributed by atoms with E-state index in [1.807, 2.05) is 22.4 Å². The summed E-state index contributed by atoms with van der Waals surface area (Å²) in [6.07, 6.45) is 3.26. The molecule has 1 N–H and O–H groups in total. The van der Waals surface area contributed by atoms with Crippen molar-refractivity contribution in [1.82, 2.24) is 10.2 Å². The second-order valence-electron chi connectivity index (χ2n) is 5.81. The van der Waals surface area contributed by atoms with Crippen molar-refractivity contribution in [3.05, 3.63) is 52.5 Å². The number of benzene rings is 1. The van der Waals surface area contributed by atoms with Crippen LogP contribution in [0.3, 0.4) is 0 Å². The van der Waals surface area contributed by atoms with E-state index >= 15 is 0 Å². The van der Waals surface area contributed by atoms with E-state index in [0.717, 1.165) is 30.7 Å². The lowest BCUT2D eigenvalue weighted by Gasteiger charge is -2.35. The average Bonchev–Trinajstić information content (AvgIpc) is 3.13. The largest absolute Gasteiger partial charge is 0.484 e. The van der Waals surface area contributed by atoms with Gasteiger partial charge in [-0.1, -0.05) is 6.07 Å². The predicted molar refractivity (Wildman–Crippen MR) is 92.4 cm³/mol. The van der Waals surface area contributed by atoms with Crippen molar-refractivity contribution in [2.75, 3.05) is 13.2 Å². The van der Waals surface area contributed by atoms with Crippen LogP contribution in [0.25, 0.3) is 0 Å². The normalized spacial score (nSPS) is 17.5. The molecule has 0 bridgehead atoms. The molecule has 0 saturated carbocycles. The van der Waals surface area contributed by atoms with Crippen molar-refractivity contribution < 1.29 is 13.9 Å². The molecular formula is C18H21FN2O2S. The monoisotopic (exact) mass is 348 g/mol. The number of halogens is 1. The Morgan fingerprint density at radius 3 is 2.79 bits per heavy atom. The number of rotatable bonds is 6. The van der Waals surface area contributed by atoms with Crippen molar-refractivity contribution in [1.29, 1.82) is 0 Å². The molecule has 24 heavy (non-hydrogen) atoms. The molecule has 2 heterocycles. The number of piperidine rings is 1. The lowest BCUT2D eigenvalue weighted by Crippen LogP contribution is -2.51. The first-order valence-electron chi connectivity index (χ1n) is 8.16. The Morgan fingerprint density at radius 2 is 2.12 bits per heavy atom. The van der Waals surface area contributed by atoms with Gasteiger partial charge in [-0.2, -0.15) is 0 Å². The van der Waals surface area contributed by atoms with Crippen LogP contribution in [-0.4, -0.2) is 30.1 Å². The van der Waals surface area contributed by atoms with E-state index in [1.165, 1.54) is 24.3 Å². The third-order valence-corrected chi connectivity index (χ3v) is 4.92. The summed E-state index contributed by atoms with van der Waals surface area (Å²) in [6.45, 7) is 1.47. The highest BCUT2D eigenvalue weighted by Crippen LogP contribution is 2.19. The first-order valence-corrected chi connectivity index (χ1v) is 9.04. The first kappa shape index (κ1) is 16.9. The van der Waals surface area contributed by atoms with Crippen LogP contribution in [0.15, 0.2) is 41.8 Å². The number of amides is 1. The van der Waals surface area contributed by atoms with Crippen molar-refractivity contribution in [3.63, 3.8) is 0 Å². The van der Waals surface area contributed by atoms with E-state index in [1.54, 1.807) is 11.3 Å². The highest BCUT2D eigenvalue weighted by molar-refractivity contribution is 7.09. The van der Waals surface area contributed by atoms with Gasteiger partial charge in [-0.25, -0.2) is 4.39 Å². The number of ether oxygens (including phenoxy) is 1. The minimum atomic E-state index is -0.320. The number of carbonyl (C=O) groups is 1. The van der Waals surface area contributed by atoms with Gasteiger partial charge >= 0.3 is 0 Å². The van der Waals surface area contributed by atoms with Crippen LogP contribution in [0.5, 0.6) is 5.75 Å². The third kappa shape index (κ3) is 4.55. The van der Waals surface area contributed by atoms with Gasteiger partial charge in [0.1, 0.15) is 11.6 Å². The number of hydrogen-bond acceptors (Lipinski definition) is 4. The van der Waals surface area contributed by atoms with Crippen molar-refractivity contribution >= 4 is 17.2 Å². The standard InChI is InChI=1S/C18H21FN2O2S/c19-14-6-8-15(9-7-14)23-13-18(22)21(12-16-4-3-11-24-16)17-5-1-2-10-20-17/h3-4,6-9,11,17,20H,1-2,5,10,12-13H2. The van der Waals surface area contributed by atoms with Gasteiger partial charge in [0.05, 0.1) is 12.7 Å². The lowest BCUT2D eigenvalue weighted by molar-refractivity contribution is -0.137. The molecule has 2 aromatic rings. The first-order chi connectivity index (χ1) is 11.7. The highest BCUT2D eigenvalue weighted by atomic mass is 32.1. The molecule has 1 aromatic heterocycles. The second-order valence-corrected chi connectivity index (χ2v) is 6.84. The summed E-state index contributed by atoms with van der Waals surface area (Å²) in [6, 6.07) is 9.74. The van der Waals surface area contributed by atoms with Crippen molar-refractivity contribution in [2.45, 2.75) is 32.0 Å². The molecule has 1 fully saturated rings. The zero-order valence-corrected chi connectivity index (χ0v) is 14.2. The second kappa shape index (κ2) is 8.26. The van der Waals surface area contributed by atoms with Crippen LogP contribution in [0, 0.1) is 5.82 Å². The highest BCUT2D eigenvalue weighted by Gasteiger charge is 2.25. The maximum absolute atomic E-state index is 12.9. The predicted octanol–water partition coefficient (Wildman–Crippen LogP) is 3.39. The van der Waals surface area contributed by atoms with Gasteiger partial charge in [0.2, 0.25) is 0 Å². The fourth-order valence-electron chi connectivity index (χ4n) is 2.80. The minimum Gasteiger partial charge on any atom is -0.484 e. The summed E-state index contributed by atoms with van der Waals surface area (Å²) in [5.41, 5.74) is 0. The van der Waals surface area contributed by atoms with E-state index in [9.17, 15) is 9.18 Å². The van der Waals surface area contributed by atoms with Gasteiger partial charge in [0.25, 0.3) is 5.91 Å². The van der Waals surface area contributed by atoms with Gasteiger partial charge in [-0.3, -0.25) is 10.1 Å². The maximum Gasteiger partial charge on any atom is 0.262 e. The molecular weight excluding hydrogens is 327 g/mol. The number of carbonyl (C=O) groups excluding carboxylic acids is 1. The van der Waals surface area contributed by atoms with E-state index in [4.69, 9.17) is 4.74 Å². The summed E-state index contributed by atoms with van der Waals surface area (Å²) in [5.74, 6) is 0.115. The number of hydrogen-bond donors (Lipinski definition) is 1. The molecule has 1 unspecified atom stereocenters. The molecule has 4 nitrogen and oxygen atoms in total. The Hall–Kier alpha value is -1.92. The number of nitrogens with zero attached hydrogens (tertiary/aromatic N) is 1. The zero-order valence-electron chi connectivity index (χ0n) is 13.4. The van der Waals surface area contributed by atoms with Crippen LogP contribution >= 0.6 is 11.3 Å². The Morgan fingerprint density at radius 1 is 1.29 bits per heavy atom. The average molecular weight is 348 g/mol. The van der Waals surface area contributed by atoms with Gasteiger partial charge < -0.3 is 9.64 Å². The number of nitrogens with one attached hydrogen (secondary N) is 1. The van der Waals surface area contributed by atoms with Gasteiger partial charge in [-0.15, -0.1) is 11.3 Å². The summed E-state index contributed by atoms with van der Waals surface area (Å²) in [4.78, 5) is 15.7. The maximum atomic E-state index is 12.9. The fraction of sp³-hybridized carbons (Fsp3) is 0.389. The topological polar surface area (TPSA) is 41.6 Å². The van der Waals surface area contributed by atoms with Crippen LogP contribution in [-0.2, 0) is 11.3 Å². The van der Waals surface area contributed by atoms with Crippen molar-refractivity contribution in [3.8, 4) is 5.75 Å². The molecule has 3 rings (SSSR count). The Kier molecular flexibility index (Phi) is 5.82. The van der Waals surface area contributed by atoms with Crippen LogP contribution in [0.4, 0.5) is 4.39 Å². The molecule has 6 heteroatoms. The van der Waals surface area contributed by atoms with Crippen molar-refractivity contribution in [2.24, 2.45) is 0 Å². The SMILES string of the molecule is O=C(COc1ccc(F)cc1)N(Cc1cccs1)C1CCCCN1. The molecule has 1 aromatic carbocycles. The summed E-state index contributed by atoms with van der Waals surface area (Å²) >= 11 is 1.64. The quantitative estimate of drug-likeness (QED) is 0.870. The van der Waals surface area contributed by atoms with Gasteiger partial charge in [-0.05, 0) is 61.5 Å². The van der Waals surface area contributed by atoms with Crippen LogP contribution < -0.4 is 10.1 Å². The van der Waals surface area contributed by atoms with E-state index in [0.29, 0.717) is 12.3 Å². The molecule has 1 aliphatic heterocycles. The van der Waals surface area contributed by atoms with Crippen LogP contribution in [0.2, 0.25) is 0 Å². The molecule has 1 saturated heterocycles. The smallest absolute Gasteiger partial charge is 0.262 e. The molecule has 1 amide bonds. The Balaban J connectivity index is 1.64. The van der Waals surface area contributed by atoms with Crippen LogP contribution in [0.1, 0.15) is 24.1 Å². The molecule has 0 spiro atoms. The zero-order chi connectivity index (χ0) is 16.8. The Bertz CT molecular complexity index is 640. The summed E-state index contributed by atoms with van der Waals surface area (Å²) in [7, 11) is 0. The molecule has 1 aliphatic rings. The van der Waals surface area contributed by atoms with Gasteiger partial charge in [0, 0.05) is 4.88 Å². The fourth-order valence-corrected chi connectivity index (χ4v) is 3.50. The summed E-state index contributed by atoms with van der Waals surface area (Å²) in [5, 5.41) is 5.44. The summed E-state index contributed by atoms with van der Waals surface area (Å²) < 4.78 is 18.5.